The van der Waals surface area contributed by atoms with E-state index in [1.807, 2.05) is 77.5 Å². The Kier molecular flexibility index (Phi) is 4.73. The molecule has 150 valence electrons. The molecule has 4 nitrogen and oxygen atoms in total. The molecule has 0 aliphatic carbocycles. The van der Waals surface area contributed by atoms with Gasteiger partial charge in [-0.05, 0) is 66.2 Å². The van der Waals surface area contributed by atoms with Crippen molar-refractivity contribution in [1.29, 1.82) is 0 Å². The van der Waals surface area contributed by atoms with E-state index in [4.69, 9.17) is 5.10 Å². The molecular formula is C27H20N2O2. The minimum absolute atomic E-state index is 0.214. The summed E-state index contributed by atoms with van der Waals surface area (Å²) in [6.07, 6.45) is 0. The van der Waals surface area contributed by atoms with Crippen molar-refractivity contribution >= 4 is 0 Å². The number of aromatic nitrogens is 2. The van der Waals surface area contributed by atoms with Crippen molar-refractivity contribution in [2.24, 2.45) is 0 Å². The Morgan fingerprint density at radius 1 is 0.516 bits per heavy atom. The average molecular weight is 404 g/mol. The predicted molar refractivity (Wildman–Crippen MR) is 123 cm³/mol. The Morgan fingerprint density at radius 2 is 1.03 bits per heavy atom. The van der Waals surface area contributed by atoms with Crippen molar-refractivity contribution in [3.8, 4) is 50.8 Å². The zero-order chi connectivity index (χ0) is 21.2. The summed E-state index contributed by atoms with van der Waals surface area (Å²) < 4.78 is 1.94. The number of benzene rings is 4. The number of phenolic OH excluding ortho intramolecular Hbond substituents is 2. The van der Waals surface area contributed by atoms with Crippen molar-refractivity contribution in [2.45, 2.75) is 0 Å². The van der Waals surface area contributed by atoms with Gasteiger partial charge in [0.25, 0.3) is 0 Å². The lowest BCUT2D eigenvalue weighted by molar-refractivity contribution is 0.475. The van der Waals surface area contributed by atoms with Crippen LogP contribution in [-0.2, 0) is 0 Å². The van der Waals surface area contributed by atoms with Crippen molar-refractivity contribution in [2.75, 3.05) is 0 Å². The second-order valence-electron chi connectivity index (χ2n) is 7.28. The number of nitrogens with zero attached hydrogens (tertiary/aromatic N) is 2. The fourth-order valence-corrected chi connectivity index (χ4v) is 3.76. The van der Waals surface area contributed by atoms with Crippen LogP contribution in [0.5, 0.6) is 11.5 Å². The van der Waals surface area contributed by atoms with E-state index in [0.29, 0.717) is 0 Å². The first-order valence-electron chi connectivity index (χ1n) is 10.0. The zero-order valence-corrected chi connectivity index (χ0v) is 16.7. The van der Waals surface area contributed by atoms with E-state index in [1.54, 1.807) is 24.3 Å². The molecule has 0 aliphatic heterocycles. The summed E-state index contributed by atoms with van der Waals surface area (Å²) in [7, 11) is 0. The van der Waals surface area contributed by atoms with Crippen LogP contribution in [0, 0.1) is 0 Å². The molecule has 4 heteroatoms. The third-order valence-corrected chi connectivity index (χ3v) is 5.23. The summed E-state index contributed by atoms with van der Waals surface area (Å²) in [5.41, 5.74) is 6.56. The third-order valence-electron chi connectivity index (χ3n) is 5.23. The molecule has 0 unspecified atom stereocenters. The second-order valence-corrected chi connectivity index (χ2v) is 7.28. The van der Waals surface area contributed by atoms with E-state index < -0.39 is 0 Å². The lowest BCUT2D eigenvalue weighted by Crippen LogP contribution is -1.99. The van der Waals surface area contributed by atoms with E-state index in [0.717, 1.165) is 39.3 Å². The Balaban J connectivity index is 1.87. The molecule has 0 atom stereocenters. The highest BCUT2D eigenvalue weighted by Crippen LogP contribution is 2.41. The van der Waals surface area contributed by atoms with E-state index in [-0.39, 0.29) is 11.5 Å². The topological polar surface area (TPSA) is 58.3 Å². The molecule has 5 aromatic rings. The minimum atomic E-state index is 0.214. The van der Waals surface area contributed by atoms with Gasteiger partial charge in [0.2, 0.25) is 0 Å². The van der Waals surface area contributed by atoms with Gasteiger partial charge in [0.05, 0.1) is 11.4 Å². The van der Waals surface area contributed by atoms with Crippen LogP contribution in [0.2, 0.25) is 0 Å². The van der Waals surface area contributed by atoms with Gasteiger partial charge in [0.1, 0.15) is 17.2 Å². The third kappa shape index (κ3) is 3.55. The maximum absolute atomic E-state index is 9.84. The number of hydrogen-bond donors (Lipinski definition) is 2. The molecule has 4 aromatic carbocycles. The van der Waals surface area contributed by atoms with Gasteiger partial charge in [0, 0.05) is 16.7 Å². The smallest absolute Gasteiger partial charge is 0.115 e. The average Bonchev–Trinajstić information content (AvgIpc) is 3.22. The summed E-state index contributed by atoms with van der Waals surface area (Å²) in [5, 5.41) is 24.6. The number of aromatic hydroxyl groups is 2. The number of para-hydroxylation sites is 1. The SMILES string of the molecule is Oc1ccc(-c2nn(-c3ccccc3)c(-c3ccc(O)cc3)c2-c2ccccc2)cc1. The Bertz CT molecular complexity index is 1310. The summed E-state index contributed by atoms with van der Waals surface area (Å²) in [6, 6.07) is 34.4. The molecule has 2 N–H and O–H groups in total. The van der Waals surface area contributed by atoms with Crippen LogP contribution in [0.1, 0.15) is 0 Å². The molecule has 0 aliphatic rings. The lowest BCUT2D eigenvalue weighted by Gasteiger charge is -2.11. The van der Waals surface area contributed by atoms with Gasteiger partial charge < -0.3 is 10.2 Å². The van der Waals surface area contributed by atoms with E-state index >= 15 is 0 Å². The van der Waals surface area contributed by atoms with E-state index in [2.05, 4.69) is 12.1 Å². The van der Waals surface area contributed by atoms with Crippen molar-refractivity contribution < 1.29 is 10.2 Å². The maximum atomic E-state index is 9.84. The van der Waals surface area contributed by atoms with Gasteiger partial charge in [-0.3, -0.25) is 0 Å². The van der Waals surface area contributed by atoms with Gasteiger partial charge in [-0.2, -0.15) is 5.10 Å². The fourth-order valence-electron chi connectivity index (χ4n) is 3.76. The molecule has 0 spiro atoms. The van der Waals surface area contributed by atoms with Crippen LogP contribution >= 0.6 is 0 Å². The molecular weight excluding hydrogens is 384 g/mol. The summed E-state index contributed by atoms with van der Waals surface area (Å²) in [5.74, 6) is 0.431. The van der Waals surface area contributed by atoms with Gasteiger partial charge in [-0.15, -0.1) is 0 Å². The monoisotopic (exact) mass is 404 g/mol. The van der Waals surface area contributed by atoms with E-state index in [1.165, 1.54) is 0 Å². The molecule has 0 bridgehead atoms. The van der Waals surface area contributed by atoms with Crippen LogP contribution in [0.15, 0.2) is 109 Å². The maximum Gasteiger partial charge on any atom is 0.115 e. The summed E-state index contributed by atoms with van der Waals surface area (Å²) >= 11 is 0. The highest BCUT2D eigenvalue weighted by Gasteiger charge is 2.23. The Morgan fingerprint density at radius 3 is 1.61 bits per heavy atom. The highest BCUT2D eigenvalue weighted by molar-refractivity contribution is 5.92. The molecule has 0 saturated heterocycles. The molecule has 31 heavy (non-hydrogen) atoms. The van der Waals surface area contributed by atoms with Crippen LogP contribution in [-0.4, -0.2) is 20.0 Å². The predicted octanol–water partition coefficient (Wildman–Crippen LogP) is 6.28. The van der Waals surface area contributed by atoms with Crippen LogP contribution in [0.3, 0.4) is 0 Å². The zero-order valence-electron chi connectivity index (χ0n) is 16.7. The number of rotatable bonds is 4. The summed E-state index contributed by atoms with van der Waals surface area (Å²) in [6.45, 7) is 0. The second kappa shape index (κ2) is 7.84. The Hall–Kier alpha value is -4.31. The quantitative estimate of drug-likeness (QED) is 0.370. The van der Waals surface area contributed by atoms with Crippen LogP contribution in [0.25, 0.3) is 39.3 Å². The van der Waals surface area contributed by atoms with Crippen molar-refractivity contribution in [3.63, 3.8) is 0 Å². The molecule has 1 heterocycles. The molecule has 0 amide bonds. The van der Waals surface area contributed by atoms with Gasteiger partial charge in [0.15, 0.2) is 0 Å². The van der Waals surface area contributed by atoms with E-state index in [9.17, 15) is 10.2 Å². The lowest BCUT2D eigenvalue weighted by atomic mass is 9.95. The van der Waals surface area contributed by atoms with Crippen molar-refractivity contribution in [3.05, 3.63) is 109 Å². The first-order chi connectivity index (χ1) is 15.2. The largest absolute Gasteiger partial charge is 0.508 e. The van der Waals surface area contributed by atoms with Crippen LogP contribution in [0.4, 0.5) is 0 Å². The van der Waals surface area contributed by atoms with Gasteiger partial charge in [-0.1, -0.05) is 48.5 Å². The molecule has 1 aromatic heterocycles. The molecule has 5 rings (SSSR count). The normalized spacial score (nSPS) is 10.8. The molecule has 0 radical (unpaired) electrons. The first kappa shape index (κ1) is 18.7. The van der Waals surface area contributed by atoms with Gasteiger partial charge in [-0.25, -0.2) is 4.68 Å². The number of phenols is 2. The minimum Gasteiger partial charge on any atom is -0.508 e. The van der Waals surface area contributed by atoms with Crippen molar-refractivity contribution in [1.82, 2.24) is 9.78 Å². The number of hydrogen-bond acceptors (Lipinski definition) is 3. The molecule has 0 saturated carbocycles. The highest BCUT2D eigenvalue weighted by atomic mass is 16.3. The summed E-state index contributed by atoms with van der Waals surface area (Å²) in [4.78, 5) is 0. The Labute approximate surface area is 180 Å². The standard InChI is InChI=1S/C27H20N2O2/c30-23-15-11-20(12-16-23)26-25(19-7-3-1-4-8-19)27(21-13-17-24(31)18-14-21)29(28-26)22-9-5-2-6-10-22/h1-18,30-31H. The van der Waals surface area contributed by atoms with Gasteiger partial charge >= 0.3 is 0 Å². The molecule has 0 fully saturated rings. The first-order valence-corrected chi connectivity index (χ1v) is 10.0. The van der Waals surface area contributed by atoms with Crippen LogP contribution < -0.4 is 0 Å². The fraction of sp³-hybridized carbons (Fsp3) is 0.